The van der Waals surface area contributed by atoms with Crippen LogP contribution in [-0.2, 0) is 6.54 Å². The minimum absolute atomic E-state index is 0.107. The highest BCUT2D eigenvalue weighted by Gasteiger charge is 2.20. The van der Waals surface area contributed by atoms with Crippen LogP contribution in [0.3, 0.4) is 0 Å². The number of oxazole rings is 1. The summed E-state index contributed by atoms with van der Waals surface area (Å²) in [6.07, 6.45) is 4.08. The van der Waals surface area contributed by atoms with Crippen LogP contribution in [-0.4, -0.2) is 15.9 Å². The zero-order valence-corrected chi connectivity index (χ0v) is 11.1. The highest BCUT2D eigenvalue weighted by molar-refractivity contribution is 5.59. The maximum Gasteiger partial charge on any atom is 0.272 e. The second-order valence-electron chi connectivity index (χ2n) is 5.06. The first kappa shape index (κ1) is 12.8. The summed E-state index contributed by atoms with van der Waals surface area (Å²) >= 11 is 0. The fourth-order valence-electron chi connectivity index (χ4n) is 2.05. The van der Waals surface area contributed by atoms with Gasteiger partial charge in [-0.25, -0.2) is 4.98 Å². The van der Waals surface area contributed by atoms with Gasteiger partial charge in [-0.2, -0.15) is 0 Å². The first-order chi connectivity index (χ1) is 9.63. The molecule has 1 N–H and O–H groups in total. The highest BCUT2D eigenvalue weighted by atomic mass is 16.6. The molecule has 2 aromatic rings. The van der Waals surface area contributed by atoms with Crippen LogP contribution in [0.4, 0.5) is 5.69 Å². The lowest BCUT2D eigenvalue weighted by molar-refractivity contribution is -0.385. The van der Waals surface area contributed by atoms with Crippen molar-refractivity contribution in [2.24, 2.45) is 0 Å². The molecule has 1 aromatic carbocycles. The Kier molecular flexibility index (Phi) is 3.23. The van der Waals surface area contributed by atoms with E-state index in [2.05, 4.69) is 10.3 Å². The monoisotopic (exact) mass is 273 g/mol. The molecule has 0 aliphatic heterocycles. The number of hydrogen-bond donors (Lipinski definition) is 1. The average molecular weight is 273 g/mol. The molecular weight excluding hydrogens is 258 g/mol. The van der Waals surface area contributed by atoms with E-state index in [9.17, 15) is 10.1 Å². The third kappa shape index (κ3) is 2.70. The molecular formula is C14H15N3O3. The minimum Gasteiger partial charge on any atom is -0.444 e. The zero-order valence-electron chi connectivity index (χ0n) is 11.1. The Morgan fingerprint density at radius 2 is 2.30 bits per heavy atom. The van der Waals surface area contributed by atoms with Gasteiger partial charge in [0.15, 0.2) is 0 Å². The fourth-order valence-corrected chi connectivity index (χ4v) is 2.05. The van der Waals surface area contributed by atoms with Crippen LogP contribution in [0, 0.1) is 17.0 Å². The molecule has 0 spiro atoms. The molecule has 1 saturated carbocycles. The Bertz CT molecular complexity index is 647. The first-order valence-corrected chi connectivity index (χ1v) is 6.56. The SMILES string of the molecule is Cc1cc(-c2nc(CNC3CC3)co2)ccc1[N+](=O)[O-]. The standard InChI is InChI=1S/C14H15N3O3/c1-9-6-10(2-5-13(9)17(18)19)14-16-12(8-20-14)7-15-11-3-4-11/h2,5-6,8,11,15H,3-4,7H2,1H3. The number of nitrogens with zero attached hydrogens (tertiary/aromatic N) is 2. The van der Waals surface area contributed by atoms with Crippen LogP contribution >= 0.6 is 0 Å². The third-order valence-corrected chi connectivity index (χ3v) is 3.34. The van der Waals surface area contributed by atoms with Gasteiger partial charge in [-0.3, -0.25) is 10.1 Å². The number of benzene rings is 1. The Balaban J connectivity index is 1.77. The molecule has 0 bridgehead atoms. The summed E-state index contributed by atoms with van der Waals surface area (Å²) in [5.74, 6) is 0.496. The van der Waals surface area contributed by atoms with Gasteiger partial charge in [0.25, 0.3) is 5.69 Å². The summed E-state index contributed by atoms with van der Waals surface area (Å²) in [6.45, 7) is 2.40. The van der Waals surface area contributed by atoms with Crippen molar-refractivity contribution in [2.75, 3.05) is 0 Å². The average Bonchev–Trinajstić information content (AvgIpc) is 3.13. The van der Waals surface area contributed by atoms with Gasteiger partial charge in [0, 0.05) is 29.8 Å². The predicted molar refractivity (Wildman–Crippen MR) is 73.2 cm³/mol. The molecule has 1 aliphatic carbocycles. The quantitative estimate of drug-likeness (QED) is 0.669. The van der Waals surface area contributed by atoms with Crippen LogP contribution in [0.2, 0.25) is 0 Å². The number of nitro benzene ring substituents is 1. The van der Waals surface area contributed by atoms with Crippen LogP contribution in [0.25, 0.3) is 11.5 Å². The van der Waals surface area contributed by atoms with Gasteiger partial charge >= 0.3 is 0 Å². The molecule has 1 fully saturated rings. The van der Waals surface area contributed by atoms with Crippen molar-refractivity contribution in [2.45, 2.75) is 32.4 Å². The van der Waals surface area contributed by atoms with Crippen molar-refractivity contribution in [3.63, 3.8) is 0 Å². The summed E-state index contributed by atoms with van der Waals surface area (Å²) in [5.41, 5.74) is 2.31. The number of nitrogens with one attached hydrogen (secondary N) is 1. The van der Waals surface area contributed by atoms with Gasteiger partial charge in [0.1, 0.15) is 6.26 Å². The van der Waals surface area contributed by atoms with Crippen molar-refractivity contribution in [3.8, 4) is 11.5 Å². The molecule has 6 heteroatoms. The number of hydrogen-bond acceptors (Lipinski definition) is 5. The number of aryl methyl sites for hydroxylation is 1. The van der Waals surface area contributed by atoms with E-state index in [1.165, 1.54) is 18.9 Å². The van der Waals surface area contributed by atoms with Crippen molar-refractivity contribution < 1.29 is 9.34 Å². The number of nitro groups is 1. The maximum absolute atomic E-state index is 10.8. The number of rotatable bonds is 5. The summed E-state index contributed by atoms with van der Waals surface area (Å²) in [7, 11) is 0. The Morgan fingerprint density at radius 3 is 2.95 bits per heavy atom. The Hall–Kier alpha value is -2.21. The lowest BCUT2D eigenvalue weighted by atomic mass is 10.1. The highest BCUT2D eigenvalue weighted by Crippen LogP contribution is 2.26. The molecule has 6 nitrogen and oxygen atoms in total. The lowest BCUT2D eigenvalue weighted by Crippen LogP contribution is -2.15. The van der Waals surface area contributed by atoms with Crippen LogP contribution in [0.1, 0.15) is 24.1 Å². The molecule has 1 heterocycles. The molecule has 104 valence electrons. The van der Waals surface area contributed by atoms with Crippen LogP contribution < -0.4 is 5.32 Å². The molecule has 0 saturated heterocycles. The normalized spacial score (nSPS) is 14.4. The van der Waals surface area contributed by atoms with Crippen molar-refractivity contribution in [1.82, 2.24) is 10.3 Å². The largest absolute Gasteiger partial charge is 0.444 e. The summed E-state index contributed by atoms with van der Waals surface area (Å²) in [6, 6.07) is 5.49. The zero-order chi connectivity index (χ0) is 14.1. The first-order valence-electron chi connectivity index (χ1n) is 6.56. The fraction of sp³-hybridized carbons (Fsp3) is 0.357. The molecule has 0 atom stereocenters. The van der Waals surface area contributed by atoms with Gasteiger partial charge in [-0.05, 0) is 31.9 Å². The van der Waals surface area contributed by atoms with E-state index in [0.29, 0.717) is 24.0 Å². The third-order valence-electron chi connectivity index (χ3n) is 3.34. The van der Waals surface area contributed by atoms with E-state index in [0.717, 1.165) is 11.3 Å². The Labute approximate surface area is 116 Å². The maximum atomic E-state index is 10.8. The molecule has 1 aromatic heterocycles. The molecule has 0 radical (unpaired) electrons. The molecule has 0 unspecified atom stereocenters. The second kappa shape index (κ2) is 5.05. The minimum atomic E-state index is -0.389. The summed E-state index contributed by atoms with van der Waals surface area (Å²) in [4.78, 5) is 14.8. The van der Waals surface area contributed by atoms with E-state index < -0.39 is 0 Å². The van der Waals surface area contributed by atoms with E-state index >= 15 is 0 Å². The predicted octanol–water partition coefficient (Wildman–Crippen LogP) is 2.81. The lowest BCUT2D eigenvalue weighted by Gasteiger charge is -1.99. The molecule has 0 amide bonds. The van der Waals surface area contributed by atoms with Crippen molar-refractivity contribution in [1.29, 1.82) is 0 Å². The van der Waals surface area contributed by atoms with Crippen molar-refractivity contribution in [3.05, 3.63) is 45.8 Å². The topological polar surface area (TPSA) is 81.2 Å². The number of aromatic nitrogens is 1. The van der Waals surface area contributed by atoms with Gasteiger partial charge in [-0.15, -0.1) is 0 Å². The van der Waals surface area contributed by atoms with Crippen LogP contribution in [0.5, 0.6) is 0 Å². The van der Waals surface area contributed by atoms with Gasteiger partial charge in [0.2, 0.25) is 5.89 Å². The van der Waals surface area contributed by atoms with E-state index in [-0.39, 0.29) is 10.6 Å². The second-order valence-corrected chi connectivity index (χ2v) is 5.06. The van der Waals surface area contributed by atoms with Gasteiger partial charge in [0.05, 0.1) is 10.6 Å². The van der Waals surface area contributed by atoms with Gasteiger partial charge in [-0.1, -0.05) is 0 Å². The Morgan fingerprint density at radius 1 is 1.50 bits per heavy atom. The summed E-state index contributed by atoms with van der Waals surface area (Å²) < 4.78 is 5.44. The van der Waals surface area contributed by atoms with Crippen LogP contribution in [0.15, 0.2) is 28.9 Å². The summed E-state index contributed by atoms with van der Waals surface area (Å²) in [5, 5.41) is 14.1. The van der Waals surface area contributed by atoms with Crippen molar-refractivity contribution >= 4 is 5.69 Å². The van der Waals surface area contributed by atoms with E-state index in [1.807, 2.05) is 0 Å². The van der Waals surface area contributed by atoms with E-state index in [4.69, 9.17) is 4.42 Å². The molecule has 1 aliphatic rings. The van der Waals surface area contributed by atoms with E-state index in [1.54, 1.807) is 25.3 Å². The molecule has 3 rings (SSSR count). The molecule has 20 heavy (non-hydrogen) atoms. The smallest absolute Gasteiger partial charge is 0.272 e. The van der Waals surface area contributed by atoms with Gasteiger partial charge < -0.3 is 9.73 Å².